The fraction of sp³-hybridized carbons (Fsp3) is 0. The van der Waals surface area contributed by atoms with Crippen LogP contribution in [0.1, 0.15) is 0 Å². The van der Waals surface area contributed by atoms with Crippen LogP contribution in [0.3, 0.4) is 0 Å². The lowest BCUT2D eigenvalue weighted by molar-refractivity contribution is -0.384. The summed E-state index contributed by atoms with van der Waals surface area (Å²) in [5.41, 5.74) is 6.07. The van der Waals surface area contributed by atoms with Gasteiger partial charge in [-0.25, -0.2) is 0 Å². The monoisotopic (exact) mass is 205 g/mol. The van der Waals surface area contributed by atoms with Crippen molar-refractivity contribution in [2.75, 3.05) is 5.73 Å². The Labute approximate surface area is 84.4 Å². The van der Waals surface area contributed by atoms with Gasteiger partial charge in [0, 0.05) is 12.1 Å². The first-order valence-electron chi connectivity index (χ1n) is 4.14. The van der Waals surface area contributed by atoms with Crippen molar-refractivity contribution >= 4 is 11.6 Å². The first-order chi connectivity index (χ1) is 7.18. The van der Waals surface area contributed by atoms with Crippen LogP contribution >= 0.6 is 0 Å². The van der Waals surface area contributed by atoms with Crippen molar-refractivity contribution in [3.05, 3.63) is 40.4 Å². The number of nitrogens with zero attached hydrogens (tertiary/aromatic N) is 2. The molecule has 0 bridgehead atoms. The molecule has 2 aromatic rings. The zero-order valence-corrected chi connectivity index (χ0v) is 7.58. The summed E-state index contributed by atoms with van der Waals surface area (Å²) in [5.74, 6) is 0.128. The van der Waals surface area contributed by atoms with Gasteiger partial charge in [0.05, 0.1) is 10.5 Å². The van der Waals surface area contributed by atoms with E-state index in [2.05, 4.69) is 9.68 Å². The number of anilines is 1. The number of aromatic nitrogens is 1. The van der Waals surface area contributed by atoms with Crippen LogP contribution in [0.4, 0.5) is 11.6 Å². The Morgan fingerprint density at radius 3 is 2.73 bits per heavy atom. The molecule has 0 unspecified atom stereocenters. The third kappa shape index (κ3) is 1.64. The first-order valence-corrected chi connectivity index (χ1v) is 4.14. The highest BCUT2D eigenvalue weighted by Crippen LogP contribution is 2.29. The van der Waals surface area contributed by atoms with Crippen molar-refractivity contribution in [1.82, 2.24) is 5.16 Å². The molecule has 0 fully saturated rings. The Hall–Kier alpha value is -2.37. The average Bonchev–Trinajstić information content (AvgIpc) is 2.65. The van der Waals surface area contributed by atoms with Crippen LogP contribution in [-0.2, 0) is 0 Å². The van der Waals surface area contributed by atoms with Crippen LogP contribution in [0.2, 0.25) is 0 Å². The Morgan fingerprint density at radius 1 is 1.40 bits per heavy atom. The molecule has 0 aliphatic heterocycles. The number of nitrogens with two attached hydrogens (primary N) is 1. The van der Waals surface area contributed by atoms with Crippen LogP contribution in [0, 0.1) is 10.1 Å². The quantitative estimate of drug-likeness (QED) is 0.596. The van der Waals surface area contributed by atoms with E-state index in [1.165, 1.54) is 12.1 Å². The van der Waals surface area contributed by atoms with Gasteiger partial charge in [-0.15, -0.1) is 0 Å². The van der Waals surface area contributed by atoms with Gasteiger partial charge >= 0.3 is 0 Å². The van der Waals surface area contributed by atoms with Crippen molar-refractivity contribution in [1.29, 1.82) is 0 Å². The van der Waals surface area contributed by atoms with Gasteiger partial charge in [-0.1, -0.05) is 17.3 Å². The lowest BCUT2D eigenvalue weighted by atomic mass is 10.1. The van der Waals surface area contributed by atoms with Crippen LogP contribution in [0.25, 0.3) is 11.3 Å². The maximum Gasteiger partial charge on any atom is 0.278 e. The summed E-state index contributed by atoms with van der Waals surface area (Å²) in [6.45, 7) is 0. The first kappa shape index (κ1) is 9.20. The van der Waals surface area contributed by atoms with Gasteiger partial charge < -0.3 is 10.3 Å². The number of para-hydroxylation sites is 1. The minimum atomic E-state index is -0.472. The zero-order chi connectivity index (χ0) is 10.8. The topological polar surface area (TPSA) is 95.2 Å². The van der Waals surface area contributed by atoms with Gasteiger partial charge in [0.15, 0.2) is 0 Å². The van der Waals surface area contributed by atoms with Gasteiger partial charge in [-0.2, -0.15) is 0 Å². The summed E-state index contributed by atoms with van der Waals surface area (Å²) < 4.78 is 4.66. The molecule has 2 N–H and O–H groups in total. The van der Waals surface area contributed by atoms with E-state index in [1.807, 2.05) is 0 Å². The normalized spacial score (nSPS) is 10.1. The number of benzene rings is 1. The van der Waals surface area contributed by atoms with Gasteiger partial charge in [0.25, 0.3) is 5.69 Å². The summed E-state index contributed by atoms with van der Waals surface area (Å²) >= 11 is 0. The molecule has 6 heteroatoms. The second kappa shape index (κ2) is 3.41. The lowest BCUT2D eigenvalue weighted by Crippen LogP contribution is -1.91. The molecule has 0 saturated carbocycles. The fourth-order valence-electron chi connectivity index (χ4n) is 1.27. The molecular weight excluding hydrogens is 198 g/mol. The highest BCUT2D eigenvalue weighted by Gasteiger charge is 2.16. The maximum atomic E-state index is 10.7. The maximum absolute atomic E-state index is 10.7. The SMILES string of the molecule is Nc1cc(-c2ccccc2[N+](=O)[O-])no1. The Balaban J connectivity index is 2.57. The van der Waals surface area contributed by atoms with Crippen LogP contribution in [0.15, 0.2) is 34.9 Å². The predicted octanol–water partition coefficient (Wildman–Crippen LogP) is 1.83. The minimum absolute atomic E-state index is 0.0224. The van der Waals surface area contributed by atoms with Gasteiger partial charge in [-0.05, 0) is 6.07 Å². The molecule has 0 amide bonds. The molecule has 0 saturated heterocycles. The van der Waals surface area contributed by atoms with E-state index in [4.69, 9.17) is 5.73 Å². The molecule has 76 valence electrons. The van der Waals surface area contributed by atoms with E-state index in [9.17, 15) is 10.1 Å². The highest BCUT2D eigenvalue weighted by molar-refractivity contribution is 5.71. The average molecular weight is 205 g/mol. The van der Waals surface area contributed by atoms with Crippen LogP contribution < -0.4 is 5.73 Å². The smallest absolute Gasteiger partial charge is 0.278 e. The number of hydrogen-bond donors (Lipinski definition) is 1. The summed E-state index contributed by atoms with van der Waals surface area (Å²) in [5, 5.41) is 14.3. The largest absolute Gasteiger partial charge is 0.368 e. The molecule has 15 heavy (non-hydrogen) atoms. The standard InChI is InChI=1S/C9H7N3O3/c10-9-5-7(11-15-9)6-3-1-2-4-8(6)12(13)14/h1-5H,10H2. The van der Waals surface area contributed by atoms with E-state index in [1.54, 1.807) is 18.2 Å². The van der Waals surface area contributed by atoms with Crippen molar-refractivity contribution in [3.63, 3.8) is 0 Å². The fourth-order valence-corrected chi connectivity index (χ4v) is 1.27. The molecule has 1 aromatic heterocycles. The number of rotatable bonds is 2. The summed E-state index contributed by atoms with van der Waals surface area (Å²) in [4.78, 5) is 10.2. The third-order valence-corrected chi connectivity index (χ3v) is 1.91. The van der Waals surface area contributed by atoms with Gasteiger partial charge in [0.1, 0.15) is 5.69 Å². The molecule has 0 radical (unpaired) electrons. The second-order valence-electron chi connectivity index (χ2n) is 2.89. The van der Waals surface area contributed by atoms with E-state index >= 15 is 0 Å². The van der Waals surface area contributed by atoms with E-state index in [0.717, 1.165) is 0 Å². The minimum Gasteiger partial charge on any atom is -0.368 e. The van der Waals surface area contributed by atoms with Crippen molar-refractivity contribution in [2.24, 2.45) is 0 Å². The summed E-state index contributed by atoms with van der Waals surface area (Å²) in [6, 6.07) is 7.72. The molecule has 0 aliphatic rings. The molecule has 0 spiro atoms. The molecule has 2 rings (SSSR count). The van der Waals surface area contributed by atoms with Crippen LogP contribution in [0.5, 0.6) is 0 Å². The van der Waals surface area contributed by atoms with E-state index < -0.39 is 4.92 Å². The van der Waals surface area contributed by atoms with Crippen molar-refractivity contribution in [2.45, 2.75) is 0 Å². The van der Waals surface area contributed by atoms with Crippen molar-refractivity contribution < 1.29 is 9.45 Å². The van der Waals surface area contributed by atoms with E-state index in [-0.39, 0.29) is 11.6 Å². The Morgan fingerprint density at radius 2 is 2.13 bits per heavy atom. The third-order valence-electron chi connectivity index (χ3n) is 1.91. The molecule has 6 nitrogen and oxygen atoms in total. The Bertz CT molecular complexity index is 507. The van der Waals surface area contributed by atoms with Crippen molar-refractivity contribution in [3.8, 4) is 11.3 Å². The molecular formula is C9H7N3O3. The van der Waals surface area contributed by atoms with Gasteiger partial charge in [0.2, 0.25) is 5.88 Å². The number of nitrogen functional groups attached to an aromatic ring is 1. The van der Waals surface area contributed by atoms with Gasteiger partial charge in [-0.3, -0.25) is 10.1 Å². The number of nitro benzene ring substituents is 1. The van der Waals surface area contributed by atoms with Crippen LogP contribution in [-0.4, -0.2) is 10.1 Å². The zero-order valence-electron chi connectivity index (χ0n) is 7.58. The number of hydrogen-bond acceptors (Lipinski definition) is 5. The molecule has 0 aliphatic carbocycles. The second-order valence-corrected chi connectivity index (χ2v) is 2.89. The summed E-state index contributed by atoms with van der Waals surface area (Å²) in [6.07, 6.45) is 0. The summed E-state index contributed by atoms with van der Waals surface area (Å²) in [7, 11) is 0. The highest BCUT2D eigenvalue weighted by atomic mass is 16.6. The molecule has 1 heterocycles. The lowest BCUT2D eigenvalue weighted by Gasteiger charge is -1.96. The number of nitro groups is 1. The van der Waals surface area contributed by atoms with E-state index in [0.29, 0.717) is 11.3 Å². The Kier molecular flexibility index (Phi) is 2.09. The predicted molar refractivity (Wildman–Crippen MR) is 53.0 cm³/mol. The molecule has 0 atom stereocenters. The molecule has 1 aromatic carbocycles.